The van der Waals surface area contributed by atoms with E-state index in [-0.39, 0.29) is 0 Å². The number of thiazole rings is 1. The van der Waals surface area contributed by atoms with Crippen LogP contribution in [0, 0.1) is 19.3 Å². The van der Waals surface area contributed by atoms with E-state index in [0.717, 1.165) is 32.2 Å². The van der Waals surface area contributed by atoms with Crippen molar-refractivity contribution in [1.29, 1.82) is 0 Å². The van der Waals surface area contributed by atoms with Gasteiger partial charge in [0.05, 0.1) is 10.7 Å². The highest BCUT2D eigenvalue weighted by molar-refractivity contribution is 7.11. The minimum absolute atomic E-state index is 0.373. The third-order valence-electron chi connectivity index (χ3n) is 4.50. The maximum Gasteiger partial charge on any atom is 0.0936 e. The minimum Gasteiger partial charge on any atom is -0.381 e. The predicted molar refractivity (Wildman–Crippen MR) is 78.8 cm³/mol. The Balaban J connectivity index is 1.69. The van der Waals surface area contributed by atoms with E-state index in [9.17, 15) is 0 Å². The molecule has 3 rings (SSSR count). The normalized spacial score (nSPS) is 22.6. The van der Waals surface area contributed by atoms with Gasteiger partial charge in [0.2, 0.25) is 0 Å². The fourth-order valence-corrected chi connectivity index (χ4v) is 3.91. The molecule has 2 fully saturated rings. The van der Waals surface area contributed by atoms with Crippen LogP contribution in [-0.2, 0) is 11.2 Å². The first kappa shape index (κ1) is 13.5. The van der Waals surface area contributed by atoms with Crippen LogP contribution < -0.4 is 5.32 Å². The van der Waals surface area contributed by atoms with Crippen molar-refractivity contribution in [3.05, 3.63) is 15.6 Å². The Morgan fingerprint density at radius 3 is 2.63 bits per heavy atom. The molecular formula is C15H24N2OS. The summed E-state index contributed by atoms with van der Waals surface area (Å²) in [5.74, 6) is 0. The molecular weight excluding hydrogens is 256 g/mol. The summed E-state index contributed by atoms with van der Waals surface area (Å²) in [6.45, 7) is 7.26. The van der Waals surface area contributed by atoms with Crippen LogP contribution in [0.3, 0.4) is 0 Å². The molecule has 106 valence electrons. The summed E-state index contributed by atoms with van der Waals surface area (Å²) < 4.78 is 5.57. The molecule has 0 radical (unpaired) electrons. The Hall–Kier alpha value is -0.450. The zero-order valence-corrected chi connectivity index (χ0v) is 12.8. The summed E-state index contributed by atoms with van der Waals surface area (Å²) in [5.41, 5.74) is 1.58. The molecule has 1 N–H and O–H groups in total. The second-order valence-corrected chi connectivity index (χ2v) is 7.48. The molecule has 19 heavy (non-hydrogen) atoms. The number of aryl methyl sites for hydroxylation is 2. The zero-order chi connectivity index (χ0) is 13.3. The van der Waals surface area contributed by atoms with Crippen LogP contribution in [0.2, 0.25) is 0 Å². The van der Waals surface area contributed by atoms with Crippen LogP contribution in [0.5, 0.6) is 0 Å². The molecule has 0 atom stereocenters. The lowest BCUT2D eigenvalue weighted by Crippen LogP contribution is -2.41. The summed E-state index contributed by atoms with van der Waals surface area (Å²) in [5, 5.41) is 5.04. The van der Waals surface area contributed by atoms with Crippen molar-refractivity contribution in [2.45, 2.75) is 52.0 Å². The van der Waals surface area contributed by atoms with Gasteiger partial charge in [-0.05, 0) is 44.9 Å². The van der Waals surface area contributed by atoms with Gasteiger partial charge in [-0.3, -0.25) is 0 Å². The third-order valence-corrected chi connectivity index (χ3v) is 5.57. The molecule has 3 nitrogen and oxygen atoms in total. The third kappa shape index (κ3) is 3.36. The molecule has 2 heterocycles. The molecule has 0 spiro atoms. The van der Waals surface area contributed by atoms with E-state index in [0.29, 0.717) is 5.41 Å². The topological polar surface area (TPSA) is 34.2 Å². The average Bonchev–Trinajstić information content (AvgIpc) is 3.16. The monoisotopic (exact) mass is 280 g/mol. The highest BCUT2D eigenvalue weighted by Gasteiger charge is 2.35. The lowest BCUT2D eigenvalue weighted by atomic mass is 9.77. The fraction of sp³-hybridized carbons (Fsp3) is 0.800. The second kappa shape index (κ2) is 5.51. The number of aromatic nitrogens is 1. The predicted octanol–water partition coefficient (Wildman–Crippen LogP) is 2.85. The van der Waals surface area contributed by atoms with Crippen LogP contribution >= 0.6 is 11.3 Å². The second-order valence-electron chi connectivity index (χ2n) is 6.19. The van der Waals surface area contributed by atoms with Crippen molar-refractivity contribution < 1.29 is 4.74 Å². The molecule has 0 aromatic carbocycles. The van der Waals surface area contributed by atoms with Crippen molar-refractivity contribution >= 4 is 11.3 Å². The quantitative estimate of drug-likeness (QED) is 0.900. The van der Waals surface area contributed by atoms with Gasteiger partial charge in [0.15, 0.2) is 0 Å². The van der Waals surface area contributed by atoms with Gasteiger partial charge in [-0.2, -0.15) is 0 Å². The van der Waals surface area contributed by atoms with E-state index in [2.05, 4.69) is 19.2 Å². The summed E-state index contributed by atoms with van der Waals surface area (Å²) in [6, 6.07) is 0.791. The molecule has 1 aromatic heterocycles. The molecule has 4 heteroatoms. The molecule has 1 aliphatic heterocycles. The molecule has 1 saturated heterocycles. The maximum absolute atomic E-state index is 5.57. The van der Waals surface area contributed by atoms with Gasteiger partial charge in [-0.1, -0.05) is 0 Å². The molecule has 0 unspecified atom stereocenters. The van der Waals surface area contributed by atoms with Gasteiger partial charge in [0, 0.05) is 37.1 Å². The Morgan fingerprint density at radius 2 is 2.05 bits per heavy atom. The van der Waals surface area contributed by atoms with Gasteiger partial charge in [-0.15, -0.1) is 11.3 Å². The average molecular weight is 280 g/mol. The number of nitrogens with one attached hydrogen (secondary N) is 1. The first-order valence-electron chi connectivity index (χ1n) is 7.41. The van der Waals surface area contributed by atoms with Gasteiger partial charge in [0.25, 0.3) is 0 Å². The highest BCUT2D eigenvalue weighted by Crippen LogP contribution is 2.36. The summed E-state index contributed by atoms with van der Waals surface area (Å²) in [6.07, 6.45) is 6.19. The minimum atomic E-state index is 0.373. The van der Waals surface area contributed by atoms with Crippen LogP contribution in [-0.4, -0.2) is 30.8 Å². The molecule has 1 aromatic rings. The van der Waals surface area contributed by atoms with E-state index in [4.69, 9.17) is 9.72 Å². The summed E-state index contributed by atoms with van der Waals surface area (Å²) in [7, 11) is 0. The van der Waals surface area contributed by atoms with Gasteiger partial charge in [-0.25, -0.2) is 4.98 Å². The number of nitrogens with zero attached hydrogens (tertiary/aromatic N) is 1. The molecule has 2 aliphatic rings. The Labute approximate surface area is 119 Å². The molecule has 0 amide bonds. The Kier molecular flexibility index (Phi) is 3.92. The first-order valence-corrected chi connectivity index (χ1v) is 8.23. The van der Waals surface area contributed by atoms with Crippen LogP contribution in [0.15, 0.2) is 0 Å². The SMILES string of the molecule is Cc1nc(CC2(CNC3CC3)CCOCC2)sc1C. The van der Waals surface area contributed by atoms with Crippen molar-refractivity contribution in [2.75, 3.05) is 19.8 Å². The summed E-state index contributed by atoms with van der Waals surface area (Å²) in [4.78, 5) is 6.11. The van der Waals surface area contributed by atoms with Crippen LogP contribution in [0.4, 0.5) is 0 Å². The lowest BCUT2D eigenvalue weighted by molar-refractivity contribution is 0.0147. The van der Waals surface area contributed by atoms with Crippen molar-refractivity contribution in [3.63, 3.8) is 0 Å². The lowest BCUT2D eigenvalue weighted by Gasteiger charge is -2.37. The standard InChI is InChI=1S/C15H24N2OS/c1-11-12(2)19-14(17-11)9-15(5-7-18-8-6-15)10-16-13-3-4-13/h13,16H,3-10H2,1-2H3. The molecule has 0 bridgehead atoms. The Morgan fingerprint density at radius 1 is 1.32 bits per heavy atom. The fourth-order valence-electron chi connectivity index (χ4n) is 2.80. The number of ether oxygens (including phenoxy) is 1. The van der Waals surface area contributed by atoms with E-state index in [1.165, 1.54) is 41.3 Å². The van der Waals surface area contributed by atoms with E-state index in [1.807, 2.05) is 11.3 Å². The number of rotatable bonds is 5. The van der Waals surface area contributed by atoms with Crippen molar-refractivity contribution in [1.82, 2.24) is 10.3 Å². The number of hydrogen-bond donors (Lipinski definition) is 1. The zero-order valence-electron chi connectivity index (χ0n) is 12.0. The number of hydrogen-bond acceptors (Lipinski definition) is 4. The molecule has 1 saturated carbocycles. The van der Waals surface area contributed by atoms with Crippen LogP contribution in [0.25, 0.3) is 0 Å². The van der Waals surface area contributed by atoms with E-state index in [1.54, 1.807) is 0 Å². The largest absolute Gasteiger partial charge is 0.381 e. The first-order chi connectivity index (χ1) is 9.17. The molecule has 1 aliphatic carbocycles. The highest BCUT2D eigenvalue weighted by atomic mass is 32.1. The summed E-state index contributed by atoms with van der Waals surface area (Å²) >= 11 is 1.88. The van der Waals surface area contributed by atoms with Gasteiger partial charge < -0.3 is 10.1 Å². The Bertz CT molecular complexity index is 414. The van der Waals surface area contributed by atoms with Crippen LogP contribution in [0.1, 0.15) is 41.3 Å². The smallest absolute Gasteiger partial charge is 0.0936 e. The van der Waals surface area contributed by atoms with Crippen molar-refractivity contribution in [2.24, 2.45) is 5.41 Å². The van der Waals surface area contributed by atoms with E-state index < -0.39 is 0 Å². The maximum atomic E-state index is 5.57. The van der Waals surface area contributed by atoms with Gasteiger partial charge in [0.1, 0.15) is 0 Å². The van der Waals surface area contributed by atoms with E-state index >= 15 is 0 Å². The van der Waals surface area contributed by atoms with Crippen molar-refractivity contribution in [3.8, 4) is 0 Å². The van der Waals surface area contributed by atoms with Gasteiger partial charge >= 0.3 is 0 Å².